The van der Waals surface area contributed by atoms with Crippen LogP contribution in [0.1, 0.15) is 17.3 Å². The molecule has 88 valence electrons. The van der Waals surface area contributed by atoms with Crippen molar-refractivity contribution in [2.75, 3.05) is 17.6 Å². The highest BCUT2D eigenvalue weighted by Gasteiger charge is 2.26. The molecule has 16 heavy (non-hydrogen) atoms. The van der Waals surface area contributed by atoms with Crippen LogP contribution < -0.4 is 11.1 Å². The highest BCUT2D eigenvalue weighted by Crippen LogP contribution is 2.20. The van der Waals surface area contributed by atoms with Gasteiger partial charge in [0.25, 0.3) is 0 Å². The number of Topliss-reactive ketones (excluding diaryl/α,β-unsaturated/α-hetero) is 1. The number of anilines is 2. The predicted octanol–water partition coefficient (Wildman–Crippen LogP) is 2.45. The zero-order chi connectivity index (χ0) is 12.3. The van der Waals surface area contributed by atoms with Gasteiger partial charge in [-0.05, 0) is 25.1 Å². The first kappa shape index (κ1) is 12.4. The largest absolute Gasteiger partial charge is 0.405 e. The molecule has 0 radical (unpaired) electrons. The van der Waals surface area contributed by atoms with E-state index in [0.717, 1.165) is 0 Å². The molecule has 0 bridgehead atoms. The quantitative estimate of drug-likeness (QED) is 0.621. The molecule has 1 aromatic carbocycles. The number of nitrogen functional groups attached to an aromatic ring is 1. The lowest BCUT2D eigenvalue weighted by atomic mass is 10.1. The Morgan fingerprint density at radius 3 is 2.56 bits per heavy atom. The summed E-state index contributed by atoms with van der Waals surface area (Å²) in [6.45, 7) is 0.160. The molecule has 0 fully saturated rings. The SMILES string of the molecule is CC(=O)c1cc(NCC(F)(F)F)ccc1N. The Balaban J connectivity index is 2.83. The van der Waals surface area contributed by atoms with E-state index in [0.29, 0.717) is 0 Å². The van der Waals surface area contributed by atoms with E-state index in [2.05, 4.69) is 5.32 Å². The Hall–Kier alpha value is -1.72. The number of nitrogens with one attached hydrogen (secondary N) is 1. The number of halogens is 3. The van der Waals surface area contributed by atoms with Crippen LogP contribution in [0, 0.1) is 0 Å². The Labute approximate surface area is 90.4 Å². The van der Waals surface area contributed by atoms with Crippen LogP contribution in [0.3, 0.4) is 0 Å². The molecule has 6 heteroatoms. The van der Waals surface area contributed by atoms with Gasteiger partial charge in [-0.1, -0.05) is 0 Å². The van der Waals surface area contributed by atoms with Gasteiger partial charge in [0.05, 0.1) is 0 Å². The molecule has 0 aliphatic rings. The van der Waals surface area contributed by atoms with Crippen molar-refractivity contribution in [3.63, 3.8) is 0 Å². The first-order valence-corrected chi connectivity index (χ1v) is 4.50. The van der Waals surface area contributed by atoms with Gasteiger partial charge in [0.1, 0.15) is 6.54 Å². The summed E-state index contributed by atoms with van der Waals surface area (Å²) in [5.41, 5.74) is 6.19. The van der Waals surface area contributed by atoms with Crippen molar-refractivity contribution in [2.45, 2.75) is 13.1 Å². The van der Waals surface area contributed by atoms with E-state index in [4.69, 9.17) is 5.73 Å². The molecule has 1 rings (SSSR count). The van der Waals surface area contributed by atoms with E-state index in [9.17, 15) is 18.0 Å². The summed E-state index contributed by atoms with van der Waals surface area (Å²) >= 11 is 0. The van der Waals surface area contributed by atoms with Crippen molar-refractivity contribution < 1.29 is 18.0 Å². The van der Waals surface area contributed by atoms with Crippen molar-refractivity contribution >= 4 is 17.2 Å². The second kappa shape index (κ2) is 4.42. The number of ketones is 1. The molecule has 0 saturated carbocycles. The van der Waals surface area contributed by atoms with Gasteiger partial charge in [0.2, 0.25) is 0 Å². The summed E-state index contributed by atoms with van der Waals surface area (Å²) in [6, 6.07) is 4.10. The Morgan fingerprint density at radius 1 is 1.44 bits per heavy atom. The van der Waals surface area contributed by atoms with Crippen LogP contribution in [-0.2, 0) is 0 Å². The van der Waals surface area contributed by atoms with Gasteiger partial charge in [0.15, 0.2) is 5.78 Å². The molecule has 0 unspecified atom stereocenters. The Bertz CT molecular complexity index is 402. The number of carbonyl (C=O) groups is 1. The van der Waals surface area contributed by atoms with Crippen molar-refractivity contribution in [2.24, 2.45) is 0 Å². The average molecular weight is 232 g/mol. The van der Waals surface area contributed by atoms with Gasteiger partial charge in [-0.2, -0.15) is 13.2 Å². The molecule has 0 amide bonds. The molecular weight excluding hydrogens is 221 g/mol. The zero-order valence-electron chi connectivity index (χ0n) is 8.56. The fourth-order valence-electron chi connectivity index (χ4n) is 1.17. The maximum Gasteiger partial charge on any atom is 0.405 e. The van der Waals surface area contributed by atoms with Crippen LogP contribution in [0.5, 0.6) is 0 Å². The lowest BCUT2D eigenvalue weighted by Gasteiger charge is -2.11. The molecule has 0 spiro atoms. The number of rotatable bonds is 3. The predicted molar refractivity (Wildman–Crippen MR) is 55.4 cm³/mol. The molecule has 0 aliphatic heterocycles. The summed E-state index contributed by atoms with van der Waals surface area (Å²) in [7, 11) is 0. The minimum atomic E-state index is -4.29. The van der Waals surface area contributed by atoms with Gasteiger partial charge < -0.3 is 11.1 Å². The minimum absolute atomic E-state index is 0.215. The third-order valence-electron chi connectivity index (χ3n) is 1.93. The molecule has 0 aromatic heterocycles. The van der Waals surface area contributed by atoms with E-state index in [1.807, 2.05) is 0 Å². The van der Waals surface area contributed by atoms with Gasteiger partial charge in [0, 0.05) is 16.9 Å². The molecule has 0 heterocycles. The highest BCUT2D eigenvalue weighted by molar-refractivity contribution is 5.99. The zero-order valence-corrected chi connectivity index (χ0v) is 8.56. The summed E-state index contributed by atoms with van der Waals surface area (Å²) in [5.74, 6) is -0.284. The number of carbonyl (C=O) groups excluding carboxylic acids is 1. The lowest BCUT2D eigenvalue weighted by Crippen LogP contribution is -2.21. The van der Waals surface area contributed by atoms with Crippen LogP contribution in [0.2, 0.25) is 0 Å². The monoisotopic (exact) mass is 232 g/mol. The molecule has 3 N–H and O–H groups in total. The van der Waals surface area contributed by atoms with Crippen molar-refractivity contribution in [1.29, 1.82) is 0 Å². The molecule has 0 atom stereocenters. The normalized spacial score (nSPS) is 11.2. The molecular formula is C10H11F3N2O. The molecule has 0 aliphatic carbocycles. The van der Waals surface area contributed by atoms with Crippen LogP contribution >= 0.6 is 0 Å². The van der Waals surface area contributed by atoms with Crippen LogP contribution in [0.15, 0.2) is 18.2 Å². The van der Waals surface area contributed by atoms with Crippen molar-refractivity contribution in [3.8, 4) is 0 Å². The van der Waals surface area contributed by atoms with E-state index in [-0.39, 0.29) is 22.7 Å². The van der Waals surface area contributed by atoms with E-state index in [1.165, 1.54) is 25.1 Å². The fraction of sp³-hybridized carbons (Fsp3) is 0.300. The first-order valence-electron chi connectivity index (χ1n) is 4.50. The van der Waals surface area contributed by atoms with Crippen LogP contribution in [0.4, 0.5) is 24.5 Å². The summed E-state index contributed by atoms with van der Waals surface area (Å²) in [6.07, 6.45) is -4.29. The maximum atomic E-state index is 11.9. The Morgan fingerprint density at radius 2 is 2.06 bits per heavy atom. The highest BCUT2D eigenvalue weighted by atomic mass is 19.4. The molecule has 3 nitrogen and oxygen atoms in total. The summed E-state index contributed by atoms with van der Waals surface area (Å²) < 4.78 is 35.8. The van der Waals surface area contributed by atoms with Crippen LogP contribution in [-0.4, -0.2) is 18.5 Å². The number of alkyl halides is 3. The van der Waals surface area contributed by atoms with Crippen molar-refractivity contribution in [1.82, 2.24) is 0 Å². The van der Waals surface area contributed by atoms with Gasteiger partial charge in [-0.3, -0.25) is 4.79 Å². The maximum absolute atomic E-state index is 11.9. The third kappa shape index (κ3) is 3.45. The smallest absolute Gasteiger partial charge is 0.398 e. The molecule has 1 aromatic rings. The van der Waals surface area contributed by atoms with Crippen molar-refractivity contribution in [3.05, 3.63) is 23.8 Å². The first-order chi connectivity index (χ1) is 7.29. The summed E-state index contributed by atoms with van der Waals surface area (Å²) in [5, 5.41) is 2.17. The number of nitrogens with two attached hydrogens (primary N) is 1. The molecule has 0 saturated heterocycles. The Kier molecular flexibility index (Phi) is 3.41. The van der Waals surface area contributed by atoms with Gasteiger partial charge in [-0.15, -0.1) is 0 Å². The average Bonchev–Trinajstić information content (AvgIpc) is 2.14. The number of benzene rings is 1. The lowest BCUT2D eigenvalue weighted by molar-refractivity contribution is -0.115. The van der Waals surface area contributed by atoms with Gasteiger partial charge in [-0.25, -0.2) is 0 Å². The third-order valence-corrected chi connectivity index (χ3v) is 1.93. The number of hydrogen-bond acceptors (Lipinski definition) is 3. The second-order valence-corrected chi connectivity index (χ2v) is 3.33. The minimum Gasteiger partial charge on any atom is -0.398 e. The van der Waals surface area contributed by atoms with E-state index < -0.39 is 12.7 Å². The van der Waals surface area contributed by atoms with Crippen LogP contribution in [0.25, 0.3) is 0 Å². The van der Waals surface area contributed by atoms with E-state index in [1.54, 1.807) is 0 Å². The standard InChI is InChI=1S/C10H11F3N2O/c1-6(16)8-4-7(2-3-9(8)14)15-5-10(11,12)13/h2-4,15H,5,14H2,1H3. The fourth-order valence-corrected chi connectivity index (χ4v) is 1.17. The summed E-state index contributed by atoms with van der Waals surface area (Å²) in [4.78, 5) is 11.1. The second-order valence-electron chi connectivity index (χ2n) is 3.33. The number of hydrogen-bond donors (Lipinski definition) is 2. The van der Waals surface area contributed by atoms with Gasteiger partial charge >= 0.3 is 6.18 Å². The van der Waals surface area contributed by atoms with E-state index >= 15 is 0 Å². The topological polar surface area (TPSA) is 55.1 Å².